The number of hydrogen-bond donors (Lipinski definition) is 2. The molecular weight excluding hydrogens is 394 g/mol. The average Bonchev–Trinajstić information content (AvgIpc) is 2.76. The van der Waals surface area contributed by atoms with Crippen LogP contribution in [0.1, 0.15) is 24.0 Å². The van der Waals surface area contributed by atoms with Crippen molar-refractivity contribution in [1.29, 1.82) is 0 Å². The van der Waals surface area contributed by atoms with Crippen molar-refractivity contribution in [3.8, 4) is 11.5 Å². The van der Waals surface area contributed by atoms with E-state index in [-0.39, 0.29) is 17.7 Å². The summed E-state index contributed by atoms with van der Waals surface area (Å²) in [6.45, 7) is 5.72. The molecule has 7 nitrogen and oxygen atoms in total. The second kappa shape index (κ2) is 10.3. The highest BCUT2D eigenvalue weighted by Crippen LogP contribution is 2.30. The highest BCUT2D eigenvalue weighted by Gasteiger charge is 2.26. The minimum absolute atomic E-state index is 0.0378. The first-order valence-electron chi connectivity index (χ1n) is 10.5. The first-order valence-corrected chi connectivity index (χ1v) is 10.5. The molecule has 2 aromatic carbocycles. The molecule has 2 amide bonds. The summed E-state index contributed by atoms with van der Waals surface area (Å²) < 4.78 is 10.5. The maximum absolute atomic E-state index is 12.7. The zero-order chi connectivity index (χ0) is 22.4. The fraction of sp³-hybridized carbons (Fsp3) is 0.417. The van der Waals surface area contributed by atoms with Crippen molar-refractivity contribution < 1.29 is 19.1 Å². The van der Waals surface area contributed by atoms with E-state index in [9.17, 15) is 9.59 Å². The molecule has 1 aliphatic heterocycles. The number of benzene rings is 2. The highest BCUT2D eigenvalue weighted by atomic mass is 16.5. The molecule has 0 radical (unpaired) electrons. The van der Waals surface area contributed by atoms with Crippen LogP contribution in [0.25, 0.3) is 0 Å². The largest absolute Gasteiger partial charge is 0.493 e. The molecule has 1 fully saturated rings. The predicted octanol–water partition coefficient (Wildman–Crippen LogP) is 3.61. The SMILES string of the molecule is COc1ccc(NC(=O)CN2CCC(C(=O)Nc3c(C)cccc3C)CC2)cc1OC. The number of piperidine rings is 1. The zero-order valence-electron chi connectivity index (χ0n) is 18.7. The number of rotatable bonds is 7. The van der Waals surface area contributed by atoms with Crippen LogP contribution < -0.4 is 20.1 Å². The lowest BCUT2D eigenvalue weighted by molar-refractivity contribution is -0.121. The van der Waals surface area contributed by atoms with Gasteiger partial charge in [-0.15, -0.1) is 0 Å². The first kappa shape index (κ1) is 22.6. The number of aryl methyl sites for hydroxylation is 2. The van der Waals surface area contributed by atoms with Gasteiger partial charge in [-0.2, -0.15) is 0 Å². The molecule has 0 atom stereocenters. The van der Waals surface area contributed by atoms with Crippen molar-refractivity contribution >= 4 is 23.2 Å². The van der Waals surface area contributed by atoms with Gasteiger partial charge in [0.25, 0.3) is 0 Å². The summed E-state index contributed by atoms with van der Waals surface area (Å²) in [5.41, 5.74) is 3.70. The van der Waals surface area contributed by atoms with Crippen molar-refractivity contribution in [3.63, 3.8) is 0 Å². The second-order valence-electron chi connectivity index (χ2n) is 7.92. The molecule has 1 saturated heterocycles. The number of methoxy groups -OCH3 is 2. The minimum Gasteiger partial charge on any atom is -0.493 e. The fourth-order valence-electron chi connectivity index (χ4n) is 3.91. The smallest absolute Gasteiger partial charge is 0.238 e. The maximum atomic E-state index is 12.7. The van der Waals surface area contributed by atoms with Crippen LogP contribution in [0, 0.1) is 19.8 Å². The number of amides is 2. The van der Waals surface area contributed by atoms with Crippen LogP contribution in [0.15, 0.2) is 36.4 Å². The molecule has 166 valence electrons. The van der Waals surface area contributed by atoms with E-state index in [1.54, 1.807) is 32.4 Å². The molecule has 1 heterocycles. The van der Waals surface area contributed by atoms with Gasteiger partial charge < -0.3 is 20.1 Å². The third-order valence-electron chi connectivity index (χ3n) is 5.72. The van der Waals surface area contributed by atoms with E-state index in [0.717, 1.165) is 29.7 Å². The van der Waals surface area contributed by atoms with E-state index >= 15 is 0 Å². The van der Waals surface area contributed by atoms with Crippen LogP contribution in [0.4, 0.5) is 11.4 Å². The van der Waals surface area contributed by atoms with E-state index in [0.29, 0.717) is 36.8 Å². The van der Waals surface area contributed by atoms with E-state index < -0.39 is 0 Å². The van der Waals surface area contributed by atoms with E-state index in [1.807, 2.05) is 32.0 Å². The van der Waals surface area contributed by atoms with Crippen LogP contribution in [0.3, 0.4) is 0 Å². The van der Waals surface area contributed by atoms with Crippen molar-refractivity contribution in [3.05, 3.63) is 47.5 Å². The van der Waals surface area contributed by atoms with Crippen LogP contribution in [-0.4, -0.2) is 50.6 Å². The number of carbonyl (C=O) groups is 2. The Labute approximate surface area is 183 Å². The van der Waals surface area contributed by atoms with Gasteiger partial charge in [0, 0.05) is 23.4 Å². The summed E-state index contributed by atoms with van der Waals surface area (Å²) in [5.74, 6) is 1.11. The fourth-order valence-corrected chi connectivity index (χ4v) is 3.91. The van der Waals surface area contributed by atoms with Gasteiger partial charge in [0.15, 0.2) is 11.5 Å². The molecule has 0 unspecified atom stereocenters. The Morgan fingerprint density at radius 3 is 2.23 bits per heavy atom. The number of carbonyl (C=O) groups excluding carboxylic acids is 2. The summed E-state index contributed by atoms with van der Waals surface area (Å²) in [7, 11) is 3.13. The van der Waals surface area contributed by atoms with Gasteiger partial charge >= 0.3 is 0 Å². The Bertz CT molecular complexity index is 916. The normalized spacial score (nSPS) is 14.7. The molecule has 0 bridgehead atoms. The van der Waals surface area contributed by atoms with Gasteiger partial charge in [-0.1, -0.05) is 18.2 Å². The Morgan fingerprint density at radius 2 is 1.61 bits per heavy atom. The Hall–Kier alpha value is -3.06. The van der Waals surface area contributed by atoms with Gasteiger partial charge in [0.2, 0.25) is 11.8 Å². The van der Waals surface area contributed by atoms with Gasteiger partial charge in [0.05, 0.1) is 20.8 Å². The summed E-state index contributed by atoms with van der Waals surface area (Å²) in [6, 6.07) is 11.3. The first-order chi connectivity index (χ1) is 14.9. The maximum Gasteiger partial charge on any atom is 0.238 e. The van der Waals surface area contributed by atoms with Gasteiger partial charge in [0.1, 0.15) is 0 Å². The molecule has 0 saturated carbocycles. The molecular formula is C24H31N3O4. The van der Waals surface area contributed by atoms with Crippen LogP contribution >= 0.6 is 0 Å². The lowest BCUT2D eigenvalue weighted by Gasteiger charge is -2.31. The van der Waals surface area contributed by atoms with Crippen LogP contribution in [-0.2, 0) is 9.59 Å². The Balaban J connectivity index is 1.48. The molecule has 2 aromatic rings. The number of ether oxygens (including phenoxy) is 2. The Kier molecular flexibility index (Phi) is 7.52. The summed E-state index contributed by atoms with van der Waals surface area (Å²) in [4.78, 5) is 27.3. The van der Waals surface area contributed by atoms with Gasteiger partial charge in [-0.3, -0.25) is 14.5 Å². The molecule has 0 aliphatic carbocycles. The third kappa shape index (κ3) is 5.76. The number of hydrogen-bond acceptors (Lipinski definition) is 5. The van der Waals surface area contributed by atoms with Crippen molar-refractivity contribution in [2.24, 2.45) is 5.92 Å². The topological polar surface area (TPSA) is 79.9 Å². The van der Waals surface area contributed by atoms with E-state index in [2.05, 4.69) is 15.5 Å². The quantitative estimate of drug-likeness (QED) is 0.708. The van der Waals surface area contributed by atoms with Crippen LogP contribution in [0.2, 0.25) is 0 Å². The number of para-hydroxylation sites is 1. The Morgan fingerprint density at radius 1 is 0.968 bits per heavy atom. The van der Waals surface area contributed by atoms with Crippen molar-refractivity contribution in [2.75, 3.05) is 44.5 Å². The van der Waals surface area contributed by atoms with E-state index in [1.165, 1.54) is 0 Å². The van der Waals surface area contributed by atoms with Crippen molar-refractivity contribution in [1.82, 2.24) is 4.90 Å². The lowest BCUT2D eigenvalue weighted by atomic mass is 9.95. The molecule has 31 heavy (non-hydrogen) atoms. The molecule has 3 rings (SSSR count). The van der Waals surface area contributed by atoms with Crippen molar-refractivity contribution in [2.45, 2.75) is 26.7 Å². The van der Waals surface area contributed by atoms with Gasteiger partial charge in [-0.05, 0) is 63.0 Å². The second-order valence-corrected chi connectivity index (χ2v) is 7.92. The van der Waals surface area contributed by atoms with E-state index in [4.69, 9.17) is 9.47 Å². The molecule has 7 heteroatoms. The number of nitrogens with one attached hydrogen (secondary N) is 2. The predicted molar refractivity (Wildman–Crippen MR) is 122 cm³/mol. The van der Waals surface area contributed by atoms with Crippen LogP contribution in [0.5, 0.6) is 11.5 Å². The molecule has 1 aliphatic rings. The third-order valence-corrected chi connectivity index (χ3v) is 5.72. The highest BCUT2D eigenvalue weighted by molar-refractivity contribution is 5.94. The monoisotopic (exact) mass is 425 g/mol. The minimum atomic E-state index is -0.0920. The lowest BCUT2D eigenvalue weighted by Crippen LogP contribution is -2.41. The summed E-state index contributed by atoms with van der Waals surface area (Å²) >= 11 is 0. The standard InChI is InChI=1S/C24H31N3O4/c1-16-6-5-7-17(2)23(16)26-24(29)18-10-12-27(13-11-18)15-22(28)25-19-8-9-20(30-3)21(14-19)31-4/h5-9,14,18H,10-13,15H2,1-4H3,(H,25,28)(H,26,29). The summed E-state index contributed by atoms with van der Waals surface area (Å²) in [6.07, 6.45) is 1.47. The number of anilines is 2. The molecule has 0 aromatic heterocycles. The van der Waals surface area contributed by atoms with Gasteiger partial charge in [-0.25, -0.2) is 0 Å². The molecule has 0 spiro atoms. The molecule has 2 N–H and O–H groups in total. The zero-order valence-corrected chi connectivity index (χ0v) is 18.7. The number of likely N-dealkylation sites (tertiary alicyclic amines) is 1. The summed E-state index contributed by atoms with van der Waals surface area (Å²) in [5, 5.41) is 6.00. The number of nitrogens with zero attached hydrogens (tertiary/aromatic N) is 1. The average molecular weight is 426 g/mol.